The first kappa shape index (κ1) is 14.8. The predicted octanol–water partition coefficient (Wildman–Crippen LogP) is 2.29. The quantitative estimate of drug-likeness (QED) is 0.779. The van der Waals surface area contributed by atoms with Crippen LogP contribution in [0.4, 0.5) is 11.4 Å². The van der Waals surface area contributed by atoms with Gasteiger partial charge in [0.2, 0.25) is 11.8 Å². The number of nitrogens with one attached hydrogen (secondary N) is 2. The lowest BCUT2D eigenvalue weighted by Gasteiger charge is -2.13. The average Bonchev–Trinajstić information content (AvgIpc) is 2.75. The molecule has 0 saturated carbocycles. The summed E-state index contributed by atoms with van der Waals surface area (Å²) in [6.07, 6.45) is 2.85. The summed E-state index contributed by atoms with van der Waals surface area (Å²) in [6, 6.07) is 2.83. The number of amides is 2. The van der Waals surface area contributed by atoms with Crippen molar-refractivity contribution in [3.05, 3.63) is 22.7 Å². The topological polar surface area (TPSA) is 84.2 Å². The summed E-state index contributed by atoms with van der Waals surface area (Å²) in [5.74, 6) is -0.322. The third-order valence-electron chi connectivity index (χ3n) is 3.28. The highest BCUT2D eigenvalue weighted by Crippen LogP contribution is 2.32. The zero-order valence-corrected chi connectivity index (χ0v) is 12.1. The van der Waals surface area contributed by atoms with Gasteiger partial charge in [0.05, 0.1) is 23.2 Å². The van der Waals surface area contributed by atoms with Gasteiger partial charge in [0, 0.05) is 5.69 Å². The molecule has 1 aliphatic rings. The van der Waals surface area contributed by atoms with Gasteiger partial charge >= 0.3 is 0 Å². The molecule has 0 radical (unpaired) electrons. The Labute approximate surface area is 122 Å². The maximum absolute atomic E-state index is 12.0. The molecule has 20 heavy (non-hydrogen) atoms. The molecule has 108 valence electrons. The molecule has 1 aromatic rings. The highest BCUT2D eigenvalue weighted by Gasteiger charge is 2.21. The highest BCUT2D eigenvalue weighted by atomic mass is 35.5. The van der Waals surface area contributed by atoms with Gasteiger partial charge < -0.3 is 16.4 Å². The number of unbranched alkanes of at least 4 members (excludes halogenated alkanes) is 1. The number of halogens is 1. The van der Waals surface area contributed by atoms with Crippen LogP contribution >= 0.6 is 11.6 Å². The van der Waals surface area contributed by atoms with E-state index in [9.17, 15) is 9.59 Å². The van der Waals surface area contributed by atoms with Crippen molar-refractivity contribution in [1.29, 1.82) is 0 Å². The van der Waals surface area contributed by atoms with Gasteiger partial charge in [-0.25, -0.2) is 0 Å². The summed E-state index contributed by atoms with van der Waals surface area (Å²) in [6.45, 7) is 2.05. The van der Waals surface area contributed by atoms with Crippen LogP contribution in [0.15, 0.2) is 12.1 Å². The number of benzene rings is 1. The molecular weight excluding hydrogens is 278 g/mol. The predicted molar refractivity (Wildman–Crippen MR) is 79.9 cm³/mol. The van der Waals surface area contributed by atoms with E-state index in [2.05, 4.69) is 10.6 Å². The number of hydrogen-bond donors (Lipinski definition) is 3. The van der Waals surface area contributed by atoms with Crippen LogP contribution in [-0.4, -0.2) is 17.9 Å². The van der Waals surface area contributed by atoms with Crippen LogP contribution in [0.3, 0.4) is 0 Å². The third kappa shape index (κ3) is 3.29. The van der Waals surface area contributed by atoms with E-state index in [1.807, 2.05) is 6.92 Å². The first-order valence-corrected chi connectivity index (χ1v) is 7.07. The summed E-state index contributed by atoms with van der Waals surface area (Å²) in [5.41, 5.74) is 7.85. The molecule has 0 fully saturated rings. The van der Waals surface area contributed by atoms with Gasteiger partial charge in [0.15, 0.2) is 0 Å². The van der Waals surface area contributed by atoms with E-state index in [4.69, 9.17) is 17.3 Å². The Hall–Kier alpha value is -1.59. The normalized spacial score (nSPS) is 14.7. The molecule has 4 N–H and O–H groups in total. The molecule has 6 heteroatoms. The van der Waals surface area contributed by atoms with Gasteiger partial charge in [0.1, 0.15) is 0 Å². The van der Waals surface area contributed by atoms with Crippen molar-refractivity contribution in [1.82, 2.24) is 0 Å². The fraction of sp³-hybridized carbons (Fsp3) is 0.429. The number of carbonyl (C=O) groups excluding carboxylic acids is 2. The minimum absolute atomic E-state index is 0.0702. The van der Waals surface area contributed by atoms with Crippen molar-refractivity contribution in [2.24, 2.45) is 5.73 Å². The lowest BCUT2D eigenvalue weighted by Crippen LogP contribution is -2.35. The minimum Gasteiger partial charge on any atom is -0.325 e. The van der Waals surface area contributed by atoms with Crippen LogP contribution in [0, 0.1) is 0 Å². The van der Waals surface area contributed by atoms with Crippen molar-refractivity contribution >= 4 is 34.8 Å². The molecule has 1 aromatic carbocycles. The van der Waals surface area contributed by atoms with E-state index in [1.54, 1.807) is 12.1 Å². The van der Waals surface area contributed by atoms with E-state index < -0.39 is 6.04 Å². The molecule has 0 aromatic heterocycles. The molecule has 0 unspecified atom stereocenters. The van der Waals surface area contributed by atoms with E-state index in [0.29, 0.717) is 29.2 Å². The number of anilines is 2. The number of fused-ring (bicyclic) bond motifs is 1. The summed E-state index contributed by atoms with van der Waals surface area (Å²) in [4.78, 5) is 23.3. The number of carbonyl (C=O) groups is 2. The first-order chi connectivity index (χ1) is 9.51. The van der Waals surface area contributed by atoms with Crippen molar-refractivity contribution in [2.45, 2.75) is 38.6 Å². The maximum atomic E-state index is 12.0. The zero-order valence-electron chi connectivity index (χ0n) is 11.3. The third-order valence-corrected chi connectivity index (χ3v) is 3.59. The van der Waals surface area contributed by atoms with E-state index >= 15 is 0 Å². The van der Waals surface area contributed by atoms with Crippen LogP contribution < -0.4 is 16.4 Å². The highest BCUT2D eigenvalue weighted by molar-refractivity contribution is 6.34. The van der Waals surface area contributed by atoms with Gasteiger partial charge in [0.25, 0.3) is 0 Å². The molecule has 2 amide bonds. The Kier molecular flexibility index (Phi) is 4.62. The van der Waals surface area contributed by atoms with E-state index in [1.165, 1.54) is 0 Å². The monoisotopic (exact) mass is 295 g/mol. The molecular formula is C14H18ClN3O2. The van der Waals surface area contributed by atoms with Gasteiger partial charge in [-0.2, -0.15) is 0 Å². The second-order valence-corrected chi connectivity index (χ2v) is 5.36. The molecule has 0 saturated heterocycles. The van der Waals surface area contributed by atoms with Crippen molar-refractivity contribution in [2.75, 3.05) is 10.6 Å². The Morgan fingerprint density at radius 1 is 1.55 bits per heavy atom. The zero-order chi connectivity index (χ0) is 14.7. The largest absolute Gasteiger partial charge is 0.325 e. The fourth-order valence-corrected chi connectivity index (χ4v) is 2.34. The lowest BCUT2D eigenvalue weighted by atomic mass is 10.1. The van der Waals surface area contributed by atoms with Crippen LogP contribution in [0.5, 0.6) is 0 Å². The van der Waals surface area contributed by atoms with E-state index in [0.717, 1.165) is 18.4 Å². The van der Waals surface area contributed by atoms with Crippen molar-refractivity contribution < 1.29 is 9.59 Å². The smallest absolute Gasteiger partial charge is 0.241 e. The SMILES string of the molecule is CCCC[C@H](N)C(=O)Nc1cc2c(cc1Cl)NC(=O)C2. The standard InChI is InChI=1S/C14H18ClN3O2/c1-2-3-4-10(16)14(20)18-12-5-8-6-13(19)17-11(8)7-9(12)15/h5,7,10H,2-4,6,16H2,1H3,(H,17,19)(H,18,20)/t10-/m0/s1. The molecule has 0 spiro atoms. The summed E-state index contributed by atoms with van der Waals surface area (Å²) in [7, 11) is 0. The van der Waals surface area contributed by atoms with Gasteiger partial charge in [-0.3, -0.25) is 9.59 Å². The first-order valence-electron chi connectivity index (χ1n) is 6.70. The minimum atomic E-state index is -0.543. The number of hydrogen-bond acceptors (Lipinski definition) is 3. The fourth-order valence-electron chi connectivity index (χ4n) is 2.12. The molecule has 0 aliphatic carbocycles. The molecule has 1 heterocycles. The molecule has 1 aliphatic heterocycles. The van der Waals surface area contributed by atoms with Crippen LogP contribution in [-0.2, 0) is 16.0 Å². The number of nitrogens with two attached hydrogens (primary N) is 1. The van der Waals surface area contributed by atoms with E-state index in [-0.39, 0.29) is 11.8 Å². The molecule has 2 rings (SSSR count). The molecule has 5 nitrogen and oxygen atoms in total. The Bertz CT molecular complexity index is 545. The second-order valence-electron chi connectivity index (χ2n) is 4.95. The summed E-state index contributed by atoms with van der Waals surface area (Å²) >= 11 is 6.10. The average molecular weight is 296 g/mol. The van der Waals surface area contributed by atoms with Crippen LogP contribution in [0.2, 0.25) is 5.02 Å². The maximum Gasteiger partial charge on any atom is 0.241 e. The van der Waals surface area contributed by atoms with Crippen molar-refractivity contribution in [3.63, 3.8) is 0 Å². The van der Waals surface area contributed by atoms with Crippen LogP contribution in [0.1, 0.15) is 31.7 Å². The Balaban J connectivity index is 2.08. The van der Waals surface area contributed by atoms with Crippen LogP contribution in [0.25, 0.3) is 0 Å². The Morgan fingerprint density at radius 3 is 3.00 bits per heavy atom. The summed E-state index contributed by atoms with van der Waals surface area (Å²) < 4.78 is 0. The van der Waals surface area contributed by atoms with Crippen molar-refractivity contribution in [3.8, 4) is 0 Å². The van der Waals surface area contributed by atoms with Gasteiger partial charge in [-0.15, -0.1) is 0 Å². The van der Waals surface area contributed by atoms with Gasteiger partial charge in [-0.1, -0.05) is 31.4 Å². The summed E-state index contributed by atoms with van der Waals surface area (Å²) in [5, 5.41) is 5.83. The number of rotatable bonds is 5. The Morgan fingerprint density at radius 2 is 2.30 bits per heavy atom. The van der Waals surface area contributed by atoms with Gasteiger partial charge in [-0.05, 0) is 24.1 Å². The second kappa shape index (κ2) is 6.24. The molecule has 1 atom stereocenters. The molecule has 0 bridgehead atoms. The lowest BCUT2D eigenvalue weighted by molar-refractivity contribution is -0.117.